The van der Waals surface area contributed by atoms with Gasteiger partial charge in [-0.05, 0) is 49.4 Å². The Bertz CT molecular complexity index is 435. The van der Waals surface area contributed by atoms with E-state index in [1.165, 1.54) is 25.7 Å². The van der Waals surface area contributed by atoms with E-state index in [1.54, 1.807) is 0 Å². The molecule has 2 aliphatic carbocycles. The molecule has 2 amide bonds. The molecule has 3 fully saturated rings. The monoisotopic (exact) mass is 292 g/mol. The van der Waals surface area contributed by atoms with Crippen molar-refractivity contribution >= 4 is 11.8 Å². The first-order valence-corrected chi connectivity index (χ1v) is 8.62. The lowest BCUT2D eigenvalue weighted by atomic mass is 9.87. The summed E-state index contributed by atoms with van der Waals surface area (Å²) in [6.45, 7) is 6.81. The van der Waals surface area contributed by atoms with Gasteiger partial charge in [-0.25, -0.2) is 0 Å². The molecule has 0 aromatic rings. The van der Waals surface area contributed by atoms with Gasteiger partial charge in [0.1, 0.15) is 12.1 Å². The molecule has 0 spiro atoms. The molecule has 1 N–H and O–H groups in total. The Morgan fingerprint density at radius 3 is 2.52 bits per heavy atom. The number of nitrogens with one attached hydrogen (secondary N) is 1. The number of fused-ring (bicyclic) bond motifs is 2. The second kappa shape index (κ2) is 5.62. The highest BCUT2D eigenvalue weighted by atomic mass is 16.2. The Morgan fingerprint density at radius 1 is 1.24 bits per heavy atom. The number of carbonyl (C=O) groups is 2. The molecule has 5 unspecified atom stereocenters. The van der Waals surface area contributed by atoms with E-state index in [0.29, 0.717) is 12.3 Å². The number of hydrogen-bond acceptors (Lipinski definition) is 2. The predicted octanol–water partition coefficient (Wildman–Crippen LogP) is 2.18. The standard InChI is InChI=1S/C17H28N2O2/c1-4-14-16(20)18-15(10(2)3)17(21)19(14)9-13-8-11-5-6-12(13)7-11/h10-15H,4-9H2,1-3H3,(H,18,20). The molecule has 2 bridgehead atoms. The van der Waals surface area contributed by atoms with E-state index in [-0.39, 0.29) is 29.8 Å². The van der Waals surface area contributed by atoms with Crippen LogP contribution in [-0.4, -0.2) is 35.3 Å². The van der Waals surface area contributed by atoms with E-state index >= 15 is 0 Å². The summed E-state index contributed by atoms with van der Waals surface area (Å²) in [7, 11) is 0. The van der Waals surface area contributed by atoms with Crippen molar-refractivity contribution in [1.29, 1.82) is 0 Å². The van der Waals surface area contributed by atoms with Crippen LogP contribution in [0.4, 0.5) is 0 Å². The fraction of sp³-hybridized carbons (Fsp3) is 0.882. The number of piperazine rings is 1. The highest BCUT2D eigenvalue weighted by Crippen LogP contribution is 2.48. The fourth-order valence-electron chi connectivity index (χ4n) is 4.71. The largest absolute Gasteiger partial charge is 0.342 e. The summed E-state index contributed by atoms with van der Waals surface area (Å²) in [5.41, 5.74) is 0. The zero-order valence-electron chi connectivity index (χ0n) is 13.5. The average Bonchev–Trinajstić information content (AvgIpc) is 3.05. The molecule has 3 rings (SSSR count). The summed E-state index contributed by atoms with van der Waals surface area (Å²) in [6, 6.07) is -0.592. The van der Waals surface area contributed by atoms with Gasteiger partial charge in [0, 0.05) is 6.54 Å². The third kappa shape index (κ3) is 2.58. The van der Waals surface area contributed by atoms with Gasteiger partial charge in [-0.3, -0.25) is 9.59 Å². The zero-order chi connectivity index (χ0) is 15.1. The molecule has 0 radical (unpaired) electrons. The van der Waals surface area contributed by atoms with Crippen LogP contribution >= 0.6 is 0 Å². The van der Waals surface area contributed by atoms with Gasteiger partial charge in [-0.1, -0.05) is 27.2 Å². The number of hydrogen-bond donors (Lipinski definition) is 1. The van der Waals surface area contributed by atoms with Crippen LogP contribution in [0.15, 0.2) is 0 Å². The van der Waals surface area contributed by atoms with Gasteiger partial charge in [0.05, 0.1) is 0 Å². The molecular weight excluding hydrogens is 264 g/mol. The summed E-state index contributed by atoms with van der Waals surface area (Å²) in [5.74, 6) is 2.64. The first-order chi connectivity index (χ1) is 10.0. The molecule has 4 heteroatoms. The summed E-state index contributed by atoms with van der Waals surface area (Å²) in [6.07, 6.45) is 6.03. The first-order valence-electron chi connectivity index (χ1n) is 8.62. The predicted molar refractivity (Wildman–Crippen MR) is 81.5 cm³/mol. The molecule has 0 aromatic heterocycles. The average molecular weight is 292 g/mol. The van der Waals surface area contributed by atoms with Crippen molar-refractivity contribution in [3.05, 3.63) is 0 Å². The van der Waals surface area contributed by atoms with Crippen LogP contribution in [-0.2, 0) is 9.59 Å². The SMILES string of the molecule is CCC1C(=O)NC(C(C)C)C(=O)N1CC1CC2CCC1C2. The Labute approximate surface area is 127 Å². The van der Waals surface area contributed by atoms with Crippen molar-refractivity contribution < 1.29 is 9.59 Å². The zero-order valence-corrected chi connectivity index (χ0v) is 13.5. The molecule has 1 heterocycles. The van der Waals surface area contributed by atoms with E-state index in [4.69, 9.17) is 0 Å². The number of nitrogens with zero attached hydrogens (tertiary/aromatic N) is 1. The van der Waals surface area contributed by atoms with Gasteiger partial charge in [0.2, 0.25) is 11.8 Å². The Kier molecular flexibility index (Phi) is 3.98. The molecular formula is C17H28N2O2. The minimum atomic E-state index is -0.334. The van der Waals surface area contributed by atoms with Crippen molar-refractivity contribution in [3.63, 3.8) is 0 Å². The maximum Gasteiger partial charge on any atom is 0.246 e. The highest BCUT2D eigenvalue weighted by molar-refractivity contribution is 5.97. The minimum absolute atomic E-state index is 0.0407. The van der Waals surface area contributed by atoms with Crippen LogP contribution in [0.3, 0.4) is 0 Å². The van der Waals surface area contributed by atoms with Gasteiger partial charge in [-0.2, -0.15) is 0 Å². The van der Waals surface area contributed by atoms with Gasteiger partial charge in [-0.15, -0.1) is 0 Å². The van der Waals surface area contributed by atoms with Crippen molar-refractivity contribution in [2.75, 3.05) is 6.54 Å². The molecule has 21 heavy (non-hydrogen) atoms. The van der Waals surface area contributed by atoms with Gasteiger partial charge < -0.3 is 10.2 Å². The molecule has 3 aliphatic rings. The van der Waals surface area contributed by atoms with Crippen LogP contribution in [0.25, 0.3) is 0 Å². The number of amides is 2. The molecule has 2 saturated carbocycles. The summed E-state index contributed by atoms with van der Waals surface area (Å²) < 4.78 is 0. The van der Waals surface area contributed by atoms with Crippen molar-refractivity contribution in [3.8, 4) is 0 Å². The van der Waals surface area contributed by atoms with Crippen LogP contribution < -0.4 is 5.32 Å². The Hall–Kier alpha value is -1.06. The van der Waals surface area contributed by atoms with E-state index < -0.39 is 0 Å². The lowest BCUT2D eigenvalue weighted by molar-refractivity contribution is -0.151. The topological polar surface area (TPSA) is 49.4 Å². The van der Waals surface area contributed by atoms with E-state index in [1.807, 2.05) is 25.7 Å². The minimum Gasteiger partial charge on any atom is -0.342 e. The van der Waals surface area contributed by atoms with E-state index in [9.17, 15) is 9.59 Å². The maximum absolute atomic E-state index is 12.8. The molecule has 4 nitrogen and oxygen atoms in total. The van der Waals surface area contributed by atoms with E-state index in [2.05, 4.69) is 5.32 Å². The molecule has 1 aliphatic heterocycles. The van der Waals surface area contributed by atoms with Gasteiger partial charge in [0.25, 0.3) is 0 Å². The molecule has 1 saturated heterocycles. The van der Waals surface area contributed by atoms with Crippen molar-refractivity contribution in [2.45, 2.75) is 65.0 Å². The smallest absolute Gasteiger partial charge is 0.246 e. The quantitative estimate of drug-likeness (QED) is 0.863. The summed E-state index contributed by atoms with van der Waals surface area (Å²) in [5, 5.41) is 2.93. The first kappa shape index (κ1) is 14.9. The van der Waals surface area contributed by atoms with Crippen LogP contribution in [0, 0.1) is 23.7 Å². The summed E-state index contributed by atoms with van der Waals surface area (Å²) >= 11 is 0. The van der Waals surface area contributed by atoms with E-state index in [0.717, 1.165) is 18.4 Å². The van der Waals surface area contributed by atoms with Crippen molar-refractivity contribution in [2.24, 2.45) is 23.7 Å². The third-order valence-electron chi connectivity index (χ3n) is 5.89. The summed E-state index contributed by atoms with van der Waals surface area (Å²) in [4.78, 5) is 27.0. The highest BCUT2D eigenvalue weighted by Gasteiger charge is 2.45. The second-order valence-electron chi connectivity index (χ2n) is 7.58. The van der Waals surface area contributed by atoms with Gasteiger partial charge in [0.15, 0.2) is 0 Å². The maximum atomic E-state index is 12.8. The fourth-order valence-corrected chi connectivity index (χ4v) is 4.71. The molecule has 0 aromatic carbocycles. The van der Waals surface area contributed by atoms with Gasteiger partial charge >= 0.3 is 0 Å². The van der Waals surface area contributed by atoms with Crippen molar-refractivity contribution in [1.82, 2.24) is 10.2 Å². The van der Waals surface area contributed by atoms with Crippen LogP contribution in [0.2, 0.25) is 0 Å². The molecule has 5 atom stereocenters. The normalized spacial score (nSPS) is 39.2. The second-order valence-corrected chi connectivity index (χ2v) is 7.58. The Balaban J connectivity index is 1.75. The van der Waals surface area contributed by atoms with Crippen LogP contribution in [0.5, 0.6) is 0 Å². The van der Waals surface area contributed by atoms with Crippen LogP contribution in [0.1, 0.15) is 52.9 Å². The number of carbonyl (C=O) groups excluding carboxylic acids is 2. The lowest BCUT2D eigenvalue weighted by Crippen LogP contribution is -2.65. The Morgan fingerprint density at radius 2 is 2.00 bits per heavy atom. The molecule has 118 valence electrons. The third-order valence-corrected chi connectivity index (χ3v) is 5.89. The number of rotatable bonds is 4. The lowest BCUT2D eigenvalue weighted by Gasteiger charge is -2.42.